The summed E-state index contributed by atoms with van der Waals surface area (Å²) in [5, 5.41) is 12.7. The Hall–Kier alpha value is -2.06. The van der Waals surface area contributed by atoms with Gasteiger partial charge >= 0.3 is 0 Å². The lowest BCUT2D eigenvalue weighted by Crippen LogP contribution is -2.34. The van der Waals surface area contributed by atoms with Gasteiger partial charge in [-0.15, -0.1) is 11.3 Å². The maximum atomic E-state index is 12.8. The summed E-state index contributed by atoms with van der Waals surface area (Å²) in [7, 11) is 1.68. The number of aliphatic hydroxyl groups excluding tert-OH is 1. The Kier molecular flexibility index (Phi) is 7.33. The molecule has 3 rings (SSSR count). The van der Waals surface area contributed by atoms with Crippen LogP contribution in [0.4, 0.5) is 0 Å². The van der Waals surface area contributed by atoms with Crippen LogP contribution in [-0.2, 0) is 11.3 Å². The van der Waals surface area contributed by atoms with Gasteiger partial charge in [0.25, 0.3) is 5.56 Å². The van der Waals surface area contributed by atoms with Crippen molar-refractivity contribution in [2.75, 3.05) is 26.8 Å². The highest BCUT2D eigenvalue weighted by atomic mass is 32.1. The molecule has 0 aliphatic heterocycles. The van der Waals surface area contributed by atoms with Crippen LogP contribution in [0.3, 0.4) is 0 Å². The van der Waals surface area contributed by atoms with E-state index >= 15 is 0 Å². The van der Waals surface area contributed by atoms with Gasteiger partial charge in [-0.1, -0.05) is 37.3 Å². The van der Waals surface area contributed by atoms with Crippen LogP contribution in [0.15, 0.2) is 40.5 Å². The smallest absolute Gasteiger partial charge is 0.260 e. The minimum atomic E-state index is -0.399. The van der Waals surface area contributed by atoms with Crippen LogP contribution in [0.2, 0.25) is 0 Å². The number of nitrogens with zero attached hydrogens (tertiary/aromatic N) is 2. The first-order chi connectivity index (χ1) is 13.6. The van der Waals surface area contributed by atoms with Gasteiger partial charge in [-0.2, -0.15) is 0 Å². The fourth-order valence-electron chi connectivity index (χ4n) is 3.20. The standard InChI is InChI=1S/C21H27N3O3S/c1-3-16(25)12-24(10-7-11-27-2)13-18-22-20(26)19-17(14-28-21(19)23-18)15-8-5-4-6-9-15/h4-6,8-9,14,16,25H,3,7,10-13H2,1-2H3,(H,22,23,26). The lowest BCUT2D eigenvalue weighted by atomic mass is 10.1. The SMILES string of the molecule is CCC(O)CN(CCCOC)Cc1nc2scc(-c3ccccc3)c2c(=O)[nH]1. The molecular weight excluding hydrogens is 374 g/mol. The molecule has 0 saturated heterocycles. The largest absolute Gasteiger partial charge is 0.392 e. The first-order valence-electron chi connectivity index (χ1n) is 9.57. The van der Waals surface area contributed by atoms with Crippen LogP contribution < -0.4 is 5.56 Å². The molecule has 6 nitrogen and oxygen atoms in total. The fourth-order valence-corrected chi connectivity index (χ4v) is 4.17. The lowest BCUT2D eigenvalue weighted by molar-refractivity contribution is 0.0954. The summed E-state index contributed by atoms with van der Waals surface area (Å²) in [5.74, 6) is 0.625. The number of hydrogen-bond acceptors (Lipinski definition) is 6. The molecule has 0 bridgehead atoms. The Morgan fingerprint density at radius 1 is 1.32 bits per heavy atom. The molecule has 2 heterocycles. The normalized spacial score (nSPS) is 12.7. The summed E-state index contributed by atoms with van der Waals surface area (Å²) in [4.78, 5) is 23.3. The first-order valence-corrected chi connectivity index (χ1v) is 10.5. The number of aliphatic hydroxyl groups is 1. The Morgan fingerprint density at radius 3 is 2.82 bits per heavy atom. The molecule has 0 radical (unpaired) electrons. The lowest BCUT2D eigenvalue weighted by Gasteiger charge is -2.24. The van der Waals surface area contributed by atoms with Crippen molar-refractivity contribution in [2.24, 2.45) is 0 Å². The average molecular weight is 402 g/mol. The second-order valence-corrected chi connectivity index (χ2v) is 7.71. The van der Waals surface area contributed by atoms with Crippen LogP contribution in [0.5, 0.6) is 0 Å². The Bertz CT molecular complexity index is 939. The molecular formula is C21H27N3O3S. The van der Waals surface area contributed by atoms with E-state index in [-0.39, 0.29) is 5.56 Å². The molecule has 28 heavy (non-hydrogen) atoms. The molecule has 1 unspecified atom stereocenters. The molecule has 0 fully saturated rings. The van der Waals surface area contributed by atoms with Gasteiger partial charge in [0.05, 0.1) is 18.0 Å². The number of aromatic amines is 1. The molecule has 3 aromatic rings. The van der Waals surface area contributed by atoms with E-state index in [0.717, 1.165) is 28.9 Å². The van der Waals surface area contributed by atoms with Crippen molar-refractivity contribution < 1.29 is 9.84 Å². The maximum absolute atomic E-state index is 12.8. The summed E-state index contributed by atoms with van der Waals surface area (Å²) >= 11 is 1.49. The van der Waals surface area contributed by atoms with E-state index in [9.17, 15) is 9.90 Å². The Balaban J connectivity index is 1.85. The third-order valence-corrected chi connectivity index (χ3v) is 5.59. The summed E-state index contributed by atoms with van der Waals surface area (Å²) in [5.41, 5.74) is 1.81. The zero-order chi connectivity index (χ0) is 19.9. The number of nitrogens with one attached hydrogen (secondary N) is 1. The predicted molar refractivity (Wildman–Crippen MR) is 114 cm³/mol. The van der Waals surface area contributed by atoms with Crippen LogP contribution in [0.1, 0.15) is 25.6 Å². The summed E-state index contributed by atoms with van der Waals surface area (Å²) in [6.45, 7) is 4.42. The monoisotopic (exact) mass is 401 g/mol. The van der Waals surface area contributed by atoms with Crippen molar-refractivity contribution in [1.82, 2.24) is 14.9 Å². The highest BCUT2D eigenvalue weighted by Crippen LogP contribution is 2.30. The quantitative estimate of drug-likeness (QED) is 0.510. The summed E-state index contributed by atoms with van der Waals surface area (Å²) in [6.07, 6.45) is 1.15. The van der Waals surface area contributed by atoms with Crippen LogP contribution >= 0.6 is 11.3 Å². The van der Waals surface area contributed by atoms with E-state index in [4.69, 9.17) is 9.72 Å². The highest BCUT2D eigenvalue weighted by Gasteiger charge is 2.16. The number of aromatic nitrogens is 2. The van der Waals surface area contributed by atoms with E-state index in [2.05, 4.69) is 9.88 Å². The number of hydrogen-bond donors (Lipinski definition) is 2. The van der Waals surface area contributed by atoms with Gasteiger partial charge in [-0.05, 0) is 18.4 Å². The third kappa shape index (κ3) is 5.05. The molecule has 0 aliphatic rings. The second kappa shape index (κ2) is 9.93. The number of benzene rings is 1. The zero-order valence-electron chi connectivity index (χ0n) is 16.4. The minimum absolute atomic E-state index is 0.118. The fraction of sp³-hybridized carbons (Fsp3) is 0.429. The maximum Gasteiger partial charge on any atom is 0.260 e. The molecule has 0 saturated carbocycles. The van der Waals surface area contributed by atoms with Crippen molar-refractivity contribution >= 4 is 21.6 Å². The van der Waals surface area contributed by atoms with Gasteiger partial charge in [-0.25, -0.2) is 4.98 Å². The summed E-state index contributed by atoms with van der Waals surface area (Å²) < 4.78 is 5.13. The third-order valence-electron chi connectivity index (χ3n) is 4.71. The molecule has 1 atom stereocenters. The van der Waals surface area contributed by atoms with Gasteiger partial charge < -0.3 is 14.8 Å². The van der Waals surface area contributed by atoms with Crippen molar-refractivity contribution in [3.05, 3.63) is 51.9 Å². The van der Waals surface area contributed by atoms with Gasteiger partial charge in [0.15, 0.2) is 0 Å². The second-order valence-electron chi connectivity index (χ2n) is 6.85. The number of ether oxygens (including phenoxy) is 1. The molecule has 7 heteroatoms. The number of fused-ring (bicyclic) bond motifs is 1. The number of thiophene rings is 1. The molecule has 150 valence electrons. The molecule has 0 spiro atoms. The number of H-pyrrole nitrogens is 1. The van der Waals surface area contributed by atoms with E-state index in [1.165, 1.54) is 11.3 Å². The van der Waals surface area contributed by atoms with Crippen LogP contribution in [-0.4, -0.2) is 52.9 Å². The molecule has 0 aliphatic carbocycles. The van der Waals surface area contributed by atoms with Gasteiger partial charge in [0.1, 0.15) is 10.7 Å². The molecule has 2 N–H and O–H groups in total. The average Bonchev–Trinajstić information content (AvgIpc) is 3.13. The van der Waals surface area contributed by atoms with Gasteiger partial charge in [-0.3, -0.25) is 9.69 Å². The first kappa shape index (κ1) is 20.7. The highest BCUT2D eigenvalue weighted by molar-refractivity contribution is 7.17. The molecule has 0 amide bonds. The van der Waals surface area contributed by atoms with Crippen molar-refractivity contribution in [2.45, 2.75) is 32.4 Å². The van der Waals surface area contributed by atoms with E-state index in [1.54, 1.807) is 7.11 Å². The van der Waals surface area contributed by atoms with Crippen LogP contribution in [0, 0.1) is 0 Å². The molecule has 1 aromatic carbocycles. The van der Waals surface area contributed by atoms with Crippen molar-refractivity contribution in [3.63, 3.8) is 0 Å². The van der Waals surface area contributed by atoms with E-state index < -0.39 is 6.10 Å². The summed E-state index contributed by atoms with van der Waals surface area (Å²) in [6, 6.07) is 9.89. The Morgan fingerprint density at radius 2 is 2.11 bits per heavy atom. The van der Waals surface area contributed by atoms with E-state index in [1.807, 2.05) is 42.6 Å². The number of methoxy groups -OCH3 is 1. The topological polar surface area (TPSA) is 78.5 Å². The van der Waals surface area contributed by atoms with Gasteiger partial charge in [0, 0.05) is 37.7 Å². The van der Waals surface area contributed by atoms with Gasteiger partial charge in [0.2, 0.25) is 0 Å². The minimum Gasteiger partial charge on any atom is -0.392 e. The molecule has 2 aromatic heterocycles. The zero-order valence-corrected chi connectivity index (χ0v) is 17.2. The predicted octanol–water partition coefficient (Wildman–Crippen LogP) is 3.26. The van der Waals surface area contributed by atoms with Crippen molar-refractivity contribution in [1.29, 1.82) is 0 Å². The van der Waals surface area contributed by atoms with E-state index in [0.29, 0.717) is 37.3 Å². The number of rotatable bonds is 10. The Labute approximate surface area is 168 Å². The van der Waals surface area contributed by atoms with Crippen LogP contribution in [0.25, 0.3) is 21.3 Å². The van der Waals surface area contributed by atoms with Crippen molar-refractivity contribution in [3.8, 4) is 11.1 Å².